The normalized spacial score (nSPS) is 8.50. The third-order valence-electron chi connectivity index (χ3n) is 1.01. The van der Waals surface area contributed by atoms with Gasteiger partial charge in [0.2, 0.25) is 5.24 Å². The minimum absolute atomic E-state index is 0. The van der Waals surface area contributed by atoms with Gasteiger partial charge in [-0.2, -0.15) is 0 Å². The summed E-state index contributed by atoms with van der Waals surface area (Å²) in [5.74, 6) is 0. The van der Waals surface area contributed by atoms with Crippen LogP contribution >= 0.6 is 24.0 Å². The average Bonchev–Trinajstić information content (AvgIpc) is 2.15. The van der Waals surface area contributed by atoms with Crippen LogP contribution in [-0.2, 0) is 11.2 Å². The Hall–Kier alpha value is -0.470. The van der Waals surface area contributed by atoms with Crippen LogP contribution in [0, 0.1) is 0 Å². The highest BCUT2D eigenvalue weighted by Crippen LogP contribution is 1.99. The van der Waals surface area contributed by atoms with Gasteiger partial charge in [-0.1, -0.05) is 0 Å². The van der Waals surface area contributed by atoms with E-state index in [1.807, 2.05) is 6.07 Å². The van der Waals surface area contributed by atoms with E-state index in [1.165, 1.54) is 0 Å². The number of aromatic amines is 1. The molecule has 0 saturated heterocycles. The van der Waals surface area contributed by atoms with Crippen LogP contribution in [0.5, 0.6) is 0 Å². The SMILES string of the molecule is Cl.O=C(Cl)Cc1cc[nH]c1. The molecular weight excluding hydrogens is 173 g/mol. The summed E-state index contributed by atoms with van der Waals surface area (Å²) >= 11 is 5.12. The number of rotatable bonds is 2. The lowest BCUT2D eigenvalue weighted by Crippen LogP contribution is -1.89. The molecule has 0 fully saturated rings. The smallest absolute Gasteiger partial charge is 0.226 e. The van der Waals surface area contributed by atoms with E-state index in [0.29, 0.717) is 6.42 Å². The van der Waals surface area contributed by atoms with E-state index < -0.39 is 0 Å². The van der Waals surface area contributed by atoms with Crippen molar-refractivity contribution in [3.05, 3.63) is 24.0 Å². The number of H-pyrrole nitrogens is 1. The van der Waals surface area contributed by atoms with Crippen molar-refractivity contribution in [2.24, 2.45) is 0 Å². The molecule has 1 N–H and O–H groups in total. The van der Waals surface area contributed by atoms with Crippen molar-refractivity contribution < 1.29 is 4.79 Å². The maximum absolute atomic E-state index is 10.3. The van der Waals surface area contributed by atoms with Crippen LogP contribution in [0.15, 0.2) is 18.5 Å². The molecule has 0 aliphatic heterocycles. The van der Waals surface area contributed by atoms with Gasteiger partial charge in [0.1, 0.15) is 0 Å². The molecule has 0 atom stereocenters. The minimum atomic E-state index is -0.324. The third kappa shape index (κ3) is 2.90. The van der Waals surface area contributed by atoms with Gasteiger partial charge in [-0.25, -0.2) is 0 Å². The molecule has 0 amide bonds. The highest BCUT2D eigenvalue weighted by Gasteiger charge is 1.97. The Morgan fingerprint density at radius 2 is 2.40 bits per heavy atom. The zero-order chi connectivity index (χ0) is 6.69. The molecule has 0 saturated carbocycles. The molecule has 1 aromatic heterocycles. The Kier molecular flexibility index (Phi) is 4.16. The van der Waals surface area contributed by atoms with Gasteiger partial charge in [-0.15, -0.1) is 12.4 Å². The zero-order valence-electron chi connectivity index (χ0n) is 5.13. The quantitative estimate of drug-likeness (QED) is 0.690. The molecule has 0 aromatic carbocycles. The van der Waals surface area contributed by atoms with Crippen molar-refractivity contribution in [1.29, 1.82) is 0 Å². The van der Waals surface area contributed by atoms with Gasteiger partial charge in [-0.05, 0) is 23.2 Å². The maximum atomic E-state index is 10.3. The molecule has 1 heterocycles. The van der Waals surface area contributed by atoms with Gasteiger partial charge >= 0.3 is 0 Å². The Labute approximate surface area is 70.0 Å². The predicted molar refractivity (Wildman–Crippen MR) is 42.6 cm³/mol. The van der Waals surface area contributed by atoms with Crippen molar-refractivity contribution in [3.63, 3.8) is 0 Å². The summed E-state index contributed by atoms with van der Waals surface area (Å²) < 4.78 is 0. The second-order valence-electron chi connectivity index (χ2n) is 1.75. The zero-order valence-corrected chi connectivity index (χ0v) is 6.71. The molecule has 56 valence electrons. The summed E-state index contributed by atoms with van der Waals surface area (Å²) in [5, 5.41) is -0.324. The number of hydrogen-bond acceptors (Lipinski definition) is 1. The number of halogens is 2. The predicted octanol–water partition coefficient (Wildman–Crippen LogP) is 1.74. The van der Waals surface area contributed by atoms with Crippen LogP contribution in [0.25, 0.3) is 0 Å². The number of nitrogens with one attached hydrogen (secondary N) is 1. The molecule has 2 nitrogen and oxygen atoms in total. The number of aromatic nitrogens is 1. The summed E-state index contributed by atoms with van der Waals surface area (Å²) in [6.45, 7) is 0. The molecule has 0 unspecified atom stereocenters. The topological polar surface area (TPSA) is 32.9 Å². The van der Waals surface area contributed by atoms with Crippen LogP contribution in [0.4, 0.5) is 0 Å². The van der Waals surface area contributed by atoms with E-state index in [-0.39, 0.29) is 17.6 Å². The molecule has 1 aromatic rings. The minimum Gasteiger partial charge on any atom is -0.367 e. The summed E-state index contributed by atoms with van der Waals surface area (Å²) in [7, 11) is 0. The monoisotopic (exact) mass is 179 g/mol. The average molecular weight is 180 g/mol. The van der Waals surface area contributed by atoms with Gasteiger partial charge in [0.25, 0.3) is 0 Å². The van der Waals surface area contributed by atoms with Crippen LogP contribution in [0.1, 0.15) is 5.56 Å². The highest BCUT2D eigenvalue weighted by atomic mass is 35.5. The van der Waals surface area contributed by atoms with E-state index in [1.54, 1.807) is 12.4 Å². The first-order valence-corrected chi connectivity index (χ1v) is 2.97. The highest BCUT2D eigenvalue weighted by molar-refractivity contribution is 6.63. The van der Waals surface area contributed by atoms with E-state index in [0.717, 1.165) is 5.56 Å². The summed E-state index contributed by atoms with van der Waals surface area (Å²) in [6.07, 6.45) is 3.82. The largest absolute Gasteiger partial charge is 0.367 e. The van der Waals surface area contributed by atoms with Crippen LogP contribution in [0.3, 0.4) is 0 Å². The van der Waals surface area contributed by atoms with Crippen molar-refractivity contribution in [1.82, 2.24) is 4.98 Å². The maximum Gasteiger partial charge on any atom is 0.226 e. The third-order valence-corrected chi connectivity index (χ3v) is 1.14. The van der Waals surface area contributed by atoms with E-state index in [9.17, 15) is 4.79 Å². The lowest BCUT2D eigenvalue weighted by atomic mass is 10.3. The standard InChI is InChI=1S/C6H6ClNO.ClH/c7-6(9)3-5-1-2-8-4-5;/h1-2,4,8H,3H2;1H. The Balaban J connectivity index is 0.000000810. The van der Waals surface area contributed by atoms with E-state index in [4.69, 9.17) is 11.6 Å². The van der Waals surface area contributed by atoms with Crippen molar-refractivity contribution in [2.45, 2.75) is 6.42 Å². The fourth-order valence-electron chi connectivity index (χ4n) is 0.629. The van der Waals surface area contributed by atoms with Crippen LogP contribution in [0.2, 0.25) is 0 Å². The molecule has 1 rings (SSSR count). The summed E-state index contributed by atoms with van der Waals surface area (Å²) in [5.41, 5.74) is 0.926. The molecule has 0 spiro atoms. The number of carbonyl (C=O) groups excluding carboxylic acids is 1. The van der Waals surface area contributed by atoms with Gasteiger partial charge in [0.05, 0.1) is 0 Å². The van der Waals surface area contributed by atoms with Gasteiger partial charge in [0, 0.05) is 18.8 Å². The Morgan fingerprint density at radius 3 is 2.80 bits per heavy atom. The second kappa shape index (κ2) is 4.36. The molecule has 0 bridgehead atoms. The molecular formula is C6H7Cl2NO. The first kappa shape index (κ1) is 9.53. The van der Waals surface area contributed by atoms with E-state index in [2.05, 4.69) is 4.98 Å². The molecule has 4 heteroatoms. The summed E-state index contributed by atoms with van der Waals surface area (Å²) in [6, 6.07) is 1.82. The van der Waals surface area contributed by atoms with Crippen molar-refractivity contribution in [3.8, 4) is 0 Å². The van der Waals surface area contributed by atoms with Crippen LogP contribution < -0.4 is 0 Å². The Bertz CT molecular complexity index is 196. The molecule has 0 aliphatic rings. The lowest BCUT2D eigenvalue weighted by molar-refractivity contribution is -0.111. The van der Waals surface area contributed by atoms with Crippen LogP contribution in [-0.4, -0.2) is 10.2 Å². The number of carbonyl (C=O) groups is 1. The van der Waals surface area contributed by atoms with Crippen molar-refractivity contribution in [2.75, 3.05) is 0 Å². The first-order chi connectivity index (χ1) is 4.29. The van der Waals surface area contributed by atoms with E-state index >= 15 is 0 Å². The fourth-order valence-corrected chi connectivity index (χ4v) is 0.783. The van der Waals surface area contributed by atoms with Gasteiger partial charge < -0.3 is 4.98 Å². The second-order valence-corrected chi connectivity index (χ2v) is 2.17. The number of hydrogen-bond donors (Lipinski definition) is 1. The van der Waals surface area contributed by atoms with Crippen molar-refractivity contribution >= 4 is 29.3 Å². The molecule has 10 heavy (non-hydrogen) atoms. The molecule has 0 aliphatic carbocycles. The first-order valence-electron chi connectivity index (χ1n) is 2.59. The Morgan fingerprint density at radius 1 is 1.70 bits per heavy atom. The fraction of sp³-hybridized carbons (Fsp3) is 0.167. The van der Waals surface area contributed by atoms with Gasteiger partial charge in [0.15, 0.2) is 0 Å². The molecule has 0 radical (unpaired) electrons. The lowest BCUT2D eigenvalue weighted by Gasteiger charge is -1.84. The van der Waals surface area contributed by atoms with Gasteiger partial charge in [-0.3, -0.25) is 4.79 Å². The summed E-state index contributed by atoms with van der Waals surface area (Å²) in [4.78, 5) is 13.1.